The van der Waals surface area contributed by atoms with Gasteiger partial charge in [-0.1, -0.05) is 23.9 Å². The fourth-order valence-corrected chi connectivity index (χ4v) is 3.07. The molecule has 2 aromatic rings. The van der Waals surface area contributed by atoms with E-state index in [1.54, 1.807) is 11.8 Å². The smallest absolute Gasteiger partial charge is 0.302 e. The number of ether oxygens (including phenoxy) is 1. The van der Waals surface area contributed by atoms with Gasteiger partial charge < -0.3 is 9.30 Å². The number of fused-ring (bicyclic) bond motifs is 3. The van der Waals surface area contributed by atoms with Crippen molar-refractivity contribution < 1.29 is 9.53 Å². The van der Waals surface area contributed by atoms with Crippen LogP contribution in [0.15, 0.2) is 29.4 Å². The molecule has 0 saturated carbocycles. The predicted molar refractivity (Wildman–Crippen MR) is 66.0 cm³/mol. The van der Waals surface area contributed by atoms with Crippen molar-refractivity contribution in [1.29, 1.82) is 0 Å². The van der Waals surface area contributed by atoms with E-state index in [0.29, 0.717) is 6.54 Å². The zero-order valence-corrected chi connectivity index (χ0v) is 10.2. The van der Waals surface area contributed by atoms with Crippen molar-refractivity contribution in [2.24, 2.45) is 0 Å². The molecule has 5 heteroatoms. The van der Waals surface area contributed by atoms with Gasteiger partial charge >= 0.3 is 5.97 Å². The van der Waals surface area contributed by atoms with Gasteiger partial charge in [-0.3, -0.25) is 4.79 Å². The number of nitrogens with zero attached hydrogens (tertiary/aromatic N) is 2. The van der Waals surface area contributed by atoms with E-state index < -0.39 is 0 Å². The van der Waals surface area contributed by atoms with Gasteiger partial charge in [-0.15, -0.1) is 0 Å². The van der Waals surface area contributed by atoms with Gasteiger partial charge in [-0.25, -0.2) is 4.98 Å². The lowest BCUT2D eigenvalue weighted by molar-refractivity contribution is -0.145. The Morgan fingerprint density at radius 3 is 3.18 bits per heavy atom. The molecule has 0 aliphatic carbocycles. The van der Waals surface area contributed by atoms with E-state index in [4.69, 9.17) is 4.74 Å². The highest BCUT2D eigenvalue weighted by Crippen LogP contribution is 2.29. The van der Waals surface area contributed by atoms with E-state index in [9.17, 15) is 4.79 Å². The predicted octanol–water partition coefficient (Wildman–Crippen LogP) is 2.07. The van der Waals surface area contributed by atoms with Crippen LogP contribution in [0.25, 0.3) is 11.0 Å². The maximum absolute atomic E-state index is 11.0. The highest BCUT2D eigenvalue weighted by Gasteiger charge is 2.23. The molecule has 0 fully saturated rings. The van der Waals surface area contributed by atoms with Gasteiger partial charge in [-0.2, -0.15) is 0 Å². The third-order valence-corrected chi connectivity index (χ3v) is 3.85. The zero-order chi connectivity index (χ0) is 11.8. The molecule has 0 unspecified atom stereocenters. The number of hydrogen-bond donors (Lipinski definition) is 0. The van der Waals surface area contributed by atoms with Gasteiger partial charge in [0.05, 0.1) is 17.6 Å². The second-order valence-electron chi connectivity index (χ2n) is 4.04. The number of aromatic nitrogens is 2. The summed E-state index contributed by atoms with van der Waals surface area (Å²) in [5.74, 6) is 0.562. The lowest BCUT2D eigenvalue weighted by Crippen LogP contribution is -2.28. The van der Waals surface area contributed by atoms with Gasteiger partial charge in [0.15, 0.2) is 5.16 Å². The van der Waals surface area contributed by atoms with E-state index >= 15 is 0 Å². The molecule has 0 radical (unpaired) electrons. The first kappa shape index (κ1) is 10.7. The lowest BCUT2D eigenvalue weighted by Gasteiger charge is -2.23. The molecular weight excluding hydrogens is 236 g/mol. The van der Waals surface area contributed by atoms with Crippen LogP contribution in [0.2, 0.25) is 0 Å². The van der Waals surface area contributed by atoms with Crippen LogP contribution in [0, 0.1) is 0 Å². The Morgan fingerprint density at radius 2 is 2.35 bits per heavy atom. The number of imidazole rings is 1. The molecule has 1 aromatic heterocycles. The van der Waals surface area contributed by atoms with Gasteiger partial charge in [-0.05, 0) is 12.1 Å². The van der Waals surface area contributed by atoms with E-state index in [0.717, 1.165) is 21.9 Å². The van der Waals surface area contributed by atoms with Gasteiger partial charge in [0.2, 0.25) is 0 Å². The van der Waals surface area contributed by atoms with Crippen LogP contribution in [-0.4, -0.2) is 27.4 Å². The molecule has 3 rings (SSSR count). The molecule has 17 heavy (non-hydrogen) atoms. The second kappa shape index (κ2) is 4.07. The molecular formula is C12H12N2O2S. The molecule has 0 bridgehead atoms. The van der Waals surface area contributed by atoms with Gasteiger partial charge in [0, 0.05) is 12.7 Å². The number of benzene rings is 1. The summed E-state index contributed by atoms with van der Waals surface area (Å²) in [7, 11) is 0. The zero-order valence-electron chi connectivity index (χ0n) is 9.42. The second-order valence-corrected chi connectivity index (χ2v) is 5.02. The minimum Gasteiger partial charge on any atom is -0.460 e. The SMILES string of the molecule is CC(=O)O[C@@H]1CSc2nc3ccccc3n2C1. The summed E-state index contributed by atoms with van der Waals surface area (Å²) in [5.41, 5.74) is 2.10. The van der Waals surface area contributed by atoms with Crippen LogP contribution in [0.1, 0.15) is 6.92 Å². The van der Waals surface area contributed by atoms with Crippen molar-refractivity contribution >= 4 is 28.8 Å². The number of esters is 1. The number of para-hydroxylation sites is 2. The molecule has 0 amide bonds. The normalized spacial score (nSPS) is 19.0. The third kappa shape index (κ3) is 1.91. The third-order valence-electron chi connectivity index (χ3n) is 2.74. The quantitative estimate of drug-likeness (QED) is 0.725. The minimum atomic E-state index is -0.219. The van der Waals surface area contributed by atoms with Gasteiger partial charge in [0.1, 0.15) is 6.10 Å². The number of rotatable bonds is 1. The highest BCUT2D eigenvalue weighted by atomic mass is 32.2. The molecule has 88 valence electrons. The Kier molecular flexibility index (Phi) is 2.55. The van der Waals surface area contributed by atoms with Gasteiger partial charge in [0.25, 0.3) is 0 Å². The standard InChI is InChI=1S/C12H12N2O2S/c1-8(15)16-9-6-14-11-5-3-2-4-10(11)13-12(14)17-7-9/h2-5,9H,6-7H2,1H3/t9-/m0/s1. The van der Waals surface area contributed by atoms with E-state index in [-0.39, 0.29) is 12.1 Å². The fraction of sp³-hybridized carbons (Fsp3) is 0.333. The Morgan fingerprint density at radius 1 is 1.53 bits per heavy atom. The highest BCUT2D eigenvalue weighted by molar-refractivity contribution is 7.99. The van der Waals surface area contributed by atoms with Crippen LogP contribution in [-0.2, 0) is 16.1 Å². The first-order chi connectivity index (χ1) is 8.24. The topological polar surface area (TPSA) is 44.1 Å². The number of thioether (sulfide) groups is 1. The largest absolute Gasteiger partial charge is 0.460 e. The van der Waals surface area contributed by atoms with E-state index in [2.05, 4.69) is 9.55 Å². The molecule has 0 spiro atoms. The Labute approximate surface area is 103 Å². The molecule has 0 saturated heterocycles. The Balaban J connectivity index is 1.97. The van der Waals surface area contributed by atoms with Crippen LogP contribution >= 0.6 is 11.8 Å². The monoisotopic (exact) mass is 248 g/mol. The summed E-state index contributed by atoms with van der Waals surface area (Å²) in [6, 6.07) is 8.03. The average molecular weight is 248 g/mol. The lowest BCUT2D eigenvalue weighted by atomic mass is 10.3. The number of carbonyl (C=O) groups is 1. The van der Waals surface area contributed by atoms with Crippen molar-refractivity contribution in [2.75, 3.05) is 5.75 Å². The van der Waals surface area contributed by atoms with Crippen LogP contribution in [0.5, 0.6) is 0 Å². The maximum atomic E-state index is 11.0. The molecule has 1 aliphatic rings. The first-order valence-corrected chi connectivity index (χ1v) is 6.48. The number of hydrogen-bond acceptors (Lipinski definition) is 4. The Hall–Kier alpha value is -1.49. The van der Waals surface area contributed by atoms with Crippen LogP contribution in [0.3, 0.4) is 0 Å². The molecule has 0 N–H and O–H groups in total. The average Bonchev–Trinajstić information content (AvgIpc) is 2.66. The van der Waals surface area contributed by atoms with Crippen molar-refractivity contribution in [3.63, 3.8) is 0 Å². The molecule has 2 heterocycles. The van der Waals surface area contributed by atoms with Crippen molar-refractivity contribution in [1.82, 2.24) is 9.55 Å². The summed E-state index contributed by atoms with van der Waals surface area (Å²) in [6.45, 7) is 2.15. The molecule has 1 aromatic carbocycles. The van der Waals surface area contributed by atoms with Crippen molar-refractivity contribution in [3.05, 3.63) is 24.3 Å². The number of carbonyl (C=O) groups excluding carboxylic acids is 1. The molecule has 4 nitrogen and oxygen atoms in total. The molecule has 1 atom stereocenters. The fourth-order valence-electron chi connectivity index (χ4n) is 2.07. The summed E-state index contributed by atoms with van der Waals surface area (Å²) in [4.78, 5) is 15.5. The summed E-state index contributed by atoms with van der Waals surface area (Å²) in [5, 5.41) is 1.01. The van der Waals surface area contributed by atoms with Crippen LogP contribution < -0.4 is 0 Å². The van der Waals surface area contributed by atoms with Crippen molar-refractivity contribution in [3.8, 4) is 0 Å². The summed E-state index contributed by atoms with van der Waals surface area (Å²) in [6.07, 6.45) is -0.0531. The molecule has 1 aliphatic heterocycles. The maximum Gasteiger partial charge on any atom is 0.302 e. The van der Waals surface area contributed by atoms with E-state index in [1.165, 1.54) is 6.92 Å². The first-order valence-electron chi connectivity index (χ1n) is 5.49. The van der Waals surface area contributed by atoms with Crippen LogP contribution in [0.4, 0.5) is 0 Å². The van der Waals surface area contributed by atoms with Crippen molar-refractivity contribution in [2.45, 2.75) is 24.7 Å². The summed E-state index contributed by atoms with van der Waals surface area (Å²) < 4.78 is 7.38. The van der Waals surface area contributed by atoms with E-state index in [1.807, 2.05) is 24.3 Å². The minimum absolute atomic E-state index is 0.0531. The Bertz CT molecular complexity index is 579. The summed E-state index contributed by atoms with van der Waals surface area (Å²) >= 11 is 1.64.